The summed E-state index contributed by atoms with van der Waals surface area (Å²) in [5.41, 5.74) is 5.77. The van der Waals surface area contributed by atoms with Crippen molar-refractivity contribution in [1.29, 1.82) is 0 Å². The van der Waals surface area contributed by atoms with Gasteiger partial charge < -0.3 is 11.1 Å². The van der Waals surface area contributed by atoms with Crippen LogP contribution in [0.1, 0.15) is 39.0 Å². The molecule has 4 heteroatoms. The molecule has 1 saturated heterocycles. The number of carbonyl (C=O) groups excluding carboxylic acids is 1. The van der Waals surface area contributed by atoms with E-state index >= 15 is 0 Å². The smallest absolute Gasteiger partial charge is 0.236 e. The number of unbranched alkanes of at least 4 members (excludes halogenated alkanes) is 1. The molecule has 1 rings (SSSR count). The molecule has 1 unspecified atom stereocenters. The van der Waals surface area contributed by atoms with Crippen molar-refractivity contribution in [2.45, 2.75) is 50.3 Å². The molecule has 0 saturated carbocycles. The summed E-state index contributed by atoms with van der Waals surface area (Å²) in [6.07, 6.45) is 5.45. The van der Waals surface area contributed by atoms with Crippen molar-refractivity contribution in [2.75, 3.05) is 12.3 Å². The molecule has 0 bridgehead atoms. The molecule has 1 aliphatic heterocycles. The highest BCUT2D eigenvalue weighted by Crippen LogP contribution is 2.25. The Morgan fingerprint density at radius 1 is 1.67 bits per heavy atom. The van der Waals surface area contributed by atoms with Gasteiger partial charge in [-0.15, -0.1) is 0 Å². The zero-order valence-corrected chi connectivity index (χ0v) is 10.3. The Morgan fingerprint density at radius 2 is 2.47 bits per heavy atom. The Labute approximate surface area is 96.6 Å². The normalized spacial score (nSPS) is 22.7. The molecule has 0 spiro atoms. The number of nitrogens with two attached hydrogens (primary N) is 1. The zero-order valence-electron chi connectivity index (χ0n) is 9.50. The van der Waals surface area contributed by atoms with Crippen molar-refractivity contribution < 1.29 is 4.79 Å². The first kappa shape index (κ1) is 12.8. The maximum Gasteiger partial charge on any atom is 0.236 e. The summed E-state index contributed by atoms with van der Waals surface area (Å²) >= 11 is 1.96. The summed E-state index contributed by atoms with van der Waals surface area (Å²) in [6.45, 7) is 2.91. The lowest BCUT2D eigenvalue weighted by molar-refractivity contribution is -0.122. The van der Waals surface area contributed by atoms with Crippen molar-refractivity contribution in [2.24, 2.45) is 5.73 Å². The lowest BCUT2D eigenvalue weighted by Gasteiger charge is -2.14. The molecule has 1 heterocycles. The first-order valence-electron chi connectivity index (χ1n) is 5.89. The molecule has 88 valence electrons. The summed E-state index contributed by atoms with van der Waals surface area (Å²) in [5, 5.41) is 3.57. The summed E-state index contributed by atoms with van der Waals surface area (Å²) < 4.78 is 0. The van der Waals surface area contributed by atoms with Crippen LogP contribution in [0.15, 0.2) is 0 Å². The van der Waals surface area contributed by atoms with Gasteiger partial charge in [0, 0.05) is 11.8 Å². The van der Waals surface area contributed by atoms with Crippen molar-refractivity contribution in [3.63, 3.8) is 0 Å². The summed E-state index contributed by atoms with van der Waals surface area (Å²) in [7, 11) is 0. The molecule has 1 amide bonds. The Morgan fingerprint density at radius 3 is 3.07 bits per heavy atom. The van der Waals surface area contributed by atoms with Crippen molar-refractivity contribution in [3.8, 4) is 0 Å². The van der Waals surface area contributed by atoms with Gasteiger partial charge in [0.2, 0.25) is 5.91 Å². The molecule has 0 radical (unpaired) electrons. The molecule has 3 nitrogen and oxygen atoms in total. The van der Waals surface area contributed by atoms with Crippen LogP contribution in [0.3, 0.4) is 0 Å². The van der Waals surface area contributed by atoms with Gasteiger partial charge in [0.15, 0.2) is 0 Å². The first-order chi connectivity index (χ1) is 7.24. The molecular formula is C11H22N2OS. The fourth-order valence-corrected chi connectivity index (χ4v) is 2.91. The van der Waals surface area contributed by atoms with E-state index in [9.17, 15) is 4.79 Å². The van der Waals surface area contributed by atoms with Crippen LogP contribution in [0.4, 0.5) is 0 Å². The third kappa shape index (κ3) is 4.89. The Hall–Kier alpha value is -0.220. The third-order valence-corrected chi connectivity index (χ3v) is 4.13. The predicted octanol–water partition coefficient (Wildman–Crippen LogP) is 1.52. The minimum atomic E-state index is -0.309. The van der Waals surface area contributed by atoms with E-state index in [0.29, 0.717) is 5.25 Å². The number of hydrogen-bond acceptors (Lipinski definition) is 3. The maximum atomic E-state index is 11.6. The largest absolute Gasteiger partial charge is 0.354 e. The second kappa shape index (κ2) is 7.12. The van der Waals surface area contributed by atoms with Crippen LogP contribution in [-0.4, -0.2) is 29.5 Å². The molecule has 1 fully saturated rings. The Kier molecular flexibility index (Phi) is 6.10. The van der Waals surface area contributed by atoms with Crippen LogP contribution in [0.2, 0.25) is 0 Å². The van der Waals surface area contributed by atoms with Crippen LogP contribution in [-0.2, 0) is 4.79 Å². The standard InChI is InChI=1S/C11H22N2OS/c1-2-3-6-10(12)11(14)13-8-9-5-4-7-15-9/h9-10H,2-8,12H2,1H3,(H,13,14)/t9?,10-/m0/s1. The molecule has 0 aliphatic carbocycles. The van der Waals surface area contributed by atoms with Crippen LogP contribution in [0.25, 0.3) is 0 Å². The average molecular weight is 230 g/mol. The van der Waals surface area contributed by atoms with Crippen molar-refractivity contribution in [3.05, 3.63) is 0 Å². The second-order valence-corrected chi connectivity index (χ2v) is 5.54. The van der Waals surface area contributed by atoms with E-state index in [1.54, 1.807) is 0 Å². The number of hydrogen-bond donors (Lipinski definition) is 2. The first-order valence-corrected chi connectivity index (χ1v) is 6.93. The fourth-order valence-electron chi connectivity index (χ4n) is 1.71. The van der Waals surface area contributed by atoms with E-state index in [2.05, 4.69) is 12.2 Å². The van der Waals surface area contributed by atoms with Gasteiger partial charge >= 0.3 is 0 Å². The molecular weight excluding hydrogens is 208 g/mol. The molecule has 15 heavy (non-hydrogen) atoms. The summed E-state index contributed by atoms with van der Waals surface area (Å²) in [6, 6.07) is -0.309. The molecule has 1 aliphatic rings. The minimum absolute atomic E-state index is 0.0240. The summed E-state index contributed by atoms with van der Waals surface area (Å²) in [5.74, 6) is 1.26. The molecule has 0 aromatic carbocycles. The van der Waals surface area contributed by atoms with Gasteiger partial charge in [-0.05, 0) is 25.0 Å². The zero-order chi connectivity index (χ0) is 11.1. The highest BCUT2D eigenvalue weighted by Gasteiger charge is 2.18. The number of amides is 1. The van der Waals surface area contributed by atoms with E-state index in [0.717, 1.165) is 25.8 Å². The quantitative estimate of drug-likeness (QED) is 0.727. The third-order valence-electron chi connectivity index (χ3n) is 2.73. The summed E-state index contributed by atoms with van der Waals surface area (Å²) in [4.78, 5) is 11.6. The molecule has 2 atom stereocenters. The van der Waals surface area contributed by atoms with E-state index in [4.69, 9.17) is 5.73 Å². The maximum absolute atomic E-state index is 11.6. The minimum Gasteiger partial charge on any atom is -0.354 e. The van der Waals surface area contributed by atoms with Crippen LogP contribution in [0, 0.1) is 0 Å². The molecule has 0 aromatic rings. The van der Waals surface area contributed by atoms with Gasteiger partial charge in [0.25, 0.3) is 0 Å². The predicted molar refractivity (Wildman–Crippen MR) is 66.0 cm³/mol. The Balaban J connectivity index is 2.11. The average Bonchev–Trinajstić information content (AvgIpc) is 2.75. The number of carbonyl (C=O) groups is 1. The number of nitrogens with one attached hydrogen (secondary N) is 1. The lowest BCUT2D eigenvalue weighted by Crippen LogP contribution is -2.42. The van der Waals surface area contributed by atoms with Crippen LogP contribution < -0.4 is 11.1 Å². The highest BCUT2D eigenvalue weighted by molar-refractivity contribution is 8.00. The SMILES string of the molecule is CCCC[C@H](N)C(=O)NCC1CCCS1. The fraction of sp³-hybridized carbons (Fsp3) is 0.909. The van der Waals surface area contributed by atoms with Gasteiger partial charge in [0.1, 0.15) is 0 Å². The van der Waals surface area contributed by atoms with E-state index in [1.807, 2.05) is 11.8 Å². The monoisotopic (exact) mass is 230 g/mol. The van der Waals surface area contributed by atoms with Gasteiger partial charge in [0.05, 0.1) is 6.04 Å². The van der Waals surface area contributed by atoms with Gasteiger partial charge in [-0.1, -0.05) is 19.8 Å². The topological polar surface area (TPSA) is 55.1 Å². The Bertz CT molecular complexity index is 193. The lowest BCUT2D eigenvalue weighted by atomic mass is 10.1. The second-order valence-electron chi connectivity index (χ2n) is 4.13. The van der Waals surface area contributed by atoms with Crippen molar-refractivity contribution in [1.82, 2.24) is 5.32 Å². The molecule has 3 N–H and O–H groups in total. The van der Waals surface area contributed by atoms with Crippen LogP contribution >= 0.6 is 11.8 Å². The highest BCUT2D eigenvalue weighted by atomic mass is 32.2. The van der Waals surface area contributed by atoms with E-state index in [-0.39, 0.29) is 11.9 Å². The molecule has 0 aromatic heterocycles. The van der Waals surface area contributed by atoms with E-state index < -0.39 is 0 Å². The number of thioether (sulfide) groups is 1. The van der Waals surface area contributed by atoms with Crippen LogP contribution in [0.5, 0.6) is 0 Å². The van der Waals surface area contributed by atoms with Crippen molar-refractivity contribution >= 4 is 17.7 Å². The van der Waals surface area contributed by atoms with Gasteiger partial charge in [-0.3, -0.25) is 4.79 Å². The van der Waals surface area contributed by atoms with Gasteiger partial charge in [-0.2, -0.15) is 11.8 Å². The number of rotatable bonds is 6. The van der Waals surface area contributed by atoms with Gasteiger partial charge in [-0.25, -0.2) is 0 Å². The van der Waals surface area contributed by atoms with E-state index in [1.165, 1.54) is 18.6 Å².